The number of hydrogen-bond acceptors (Lipinski definition) is 4. The first-order chi connectivity index (χ1) is 11.1. The van der Waals surface area contributed by atoms with Crippen LogP contribution in [0.3, 0.4) is 0 Å². The summed E-state index contributed by atoms with van der Waals surface area (Å²) in [6, 6.07) is 12.1. The van der Waals surface area contributed by atoms with Crippen LogP contribution in [0.25, 0.3) is 11.6 Å². The zero-order valence-electron chi connectivity index (χ0n) is 13.2. The maximum atomic E-state index is 11.6. The molecule has 0 saturated heterocycles. The molecular weight excluding hydrogens is 296 g/mol. The topological polar surface area (TPSA) is 65.0 Å². The van der Waals surface area contributed by atoms with Crippen molar-refractivity contribution in [2.45, 2.75) is 0 Å². The predicted octanol–water partition coefficient (Wildman–Crippen LogP) is 3.34. The Hall–Kier alpha value is -2.95. The Bertz CT molecular complexity index is 694. The largest absolute Gasteiger partial charge is 0.497 e. The normalized spacial score (nSPS) is 11.0. The van der Waals surface area contributed by atoms with Gasteiger partial charge in [-0.15, -0.1) is 0 Å². The van der Waals surface area contributed by atoms with Gasteiger partial charge in [0.25, 0.3) is 0 Å². The SMILES string of the molecule is COc1ccc(/C(=C\c2cc(OC)cc(OC)c2)C(=O)O)cc1. The van der Waals surface area contributed by atoms with Gasteiger partial charge in [0.15, 0.2) is 0 Å². The van der Waals surface area contributed by atoms with Crippen molar-refractivity contribution >= 4 is 17.6 Å². The molecule has 0 bridgehead atoms. The van der Waals surface area contributed by atoms with Crippen LogP contribution in [-0.4, -0.2) is 32.4 Å². The molecule has 0 amide bonds. The Labute approximate surface area is 134 Å². The molecule has 23 heavy (non-hydrogen) atoms. The molecule has 2 aromatic rings. The van der Waals surface area contributed by atoms with E-state index in [-0.39, 0.29) is 5.57 Å². The molecule has 1 N–H and O–H groups in total. The van der Waals surface area contributed by atoms with Crippen molar-refractivity contribution < 1.29 is 24.1 Å². The summed E-state index contributed by atoms with van der Waals surface area (Å²) < 4.78 is 15.5. The van der Waals surface area contributed by atoms with E-state index in [1.54, 1.807) is 69.9 Å². The van der Waals surface area contributed by atoms with Gasteiger partial charge in [-0.2, -0.15) is 0 Å². The van der Waals surface area contributed by atoms with Crippen molar-refractivity contribution in [2.75, 3.05) is 21.3 Å². The van der Waals surface area contributed by atoms with Crippen LogP contribution < -0.4 is 14.2 Å². The predicted molar refractivity (Wildman–Crippen MR) is 88.0 cm³/mol. The lowest BCUT2D eigenvalue weighted by atomic mass is 10.0. The highest BCUT2D eigenvalue weighted by Gasteiger charge is 2.11. The molecule has 0 aromatic heterocycles. The number of benzene rings is 2. The molecule has 0 spiro atoms. The van der Waals surface area contributed by atoms with E-state index in [2.05, 4.69) is 0 Å². The fraction of sp³-hybridized carbons (Fsp3) is 0.167. The quantitative estimate of drug-likeness (QED) is 0.654. The van der Waals surface area contributed by atoms with Crippen LogP contribution in [0.4, 0.5) is 0 Å². The van der Waals surface area contributed by atoms with Gasteiger partial charge in [-0.1, -0.05) is 12.1 Å². The average Bonchev–Trinajstić information content (AvgIpc) is 2.59. The summed E-state index contributed by atoms with van der Waals surface area (Å²) in [5, 5.41) is 9.51. The van der Waals surface area contributed by atoms with Crippen LogP contribution in [0.1, 0.15) is 11.1 Å². The van der Waals surface area contributed by atoms with Crippen molar-refractivity contribution in [3.8, 4) is 17.2 Å². The van der Waals surface area contributed by atoms with E-state index in [4.69, 9.17) is 14.2 Å². The first-order valence-electron chi connectivity index (χ1n) is 6.90. The van der Waals surface area contributed by atoms with Gasteiger partial charge >= 0.3 is 5.97 Å². The molecule has 0 heterocycles. The van der Waals surface area contributed by atoms with E-state index < -0.39 is 5.97 Å². The van der Waals surface area contributed by atoms with Crippen molar-refractivity contribution in [1.29, 1.82) is 0 Å². The molecule has 120 valence electrons. The summed E-state index contributed by atoms with van der Waals surface area (Å²) in [7, 11) is 4.65. The van der Waals surface area contributed by atoms with E-state index in [9.17, 15) is 9.90 Å². The standard InChI is InChI=1S/C18H18O5/c1-21-14-6-4-13(5-7-14)17(18(19)20)10-12-8-15(22-2)11-16(9-12)23-3/h4-11H,1-3H3,(H,19,20)/b17-10+. The highest BCUT2D eigenvalue weighted by atomic mass is 16.5. The van der Waals surface area contributed by atoms with Gasteiger partial charge in [-0.05, 0) is 41.5 Å². The Morgan fingerprint density at radius 2 is 1.39 bits per heavy atom. The van der Waals surface area contributed by atoms with Crippen molar-refractivity contribution in [3.63, 3.8) is 0 Å². The minimum Gasteiger partial charge on any atom is -0.497 e. The Morgan fingerprint density at radius 1 is 0.870 bits per heavy atom. The molecule has 2 aromatic carbocycles. The molecule has 0 unspecified atom stereocenters. The number of carboxylic acids is 1. The Morgan fingerprint density at radius 3 is 1.83 bits per heavy atom. The third-order valence-corrected chi connectivity index (χ3v) is 3.32. The summed E-state index contributed by atoms with van der Waals surface area (Å²) >= 11 is 0. The van der Waals surface area contributed by atoms with Gasteiger partial charge in [-0.3, -0.25) is 0 Å². The number of rotatable bonds is 6. The highest BCUT2D eigenvalue weighted by molar-refractivity contribution is 6.20. The Balaban J connectivity index is 2.48. The molecule has 0 atom stereocenters. The molecule has 0 aliphatic carbocycles. The summed E-state index contributed by atoms with van der Waals surface area (Å²) in [6.07, 6.45) is 1.58. The molecule has 5 heteroatoms. The average molecular weight is 314 g/mol. The molecule has 2 rings (SSSR count). The first-order valence-corrected chi connectivity index (χ1v) is 6.90. The van der Waals surface area contributed by atoms with Crippen molar-refractivity contribution in [2.24, 2.45) is 0 Å². The van der Waals surface area contributed by atoms with E-state index in [0.29, 0.717) is 28.4 Å². The van der Waals surface area contributed by atoms with Gasteiger partial charge in [0.05, 0.1) is 26.9 Å². The number of methoxy groups -OCH3 is 3. The summed E-state index contributed by atoms with van der Waals surface area (Å²) in [6.45, 7) is 0. The molecule has 0 fully saturated rings. The van der Waals surface area contributed by atoms with Crippen LogP contribution in [0.2, 0.25) is 0 Å². The first kappa shape index (κ1) is 16.4. The van der Waals surface area contributed by atoms with Gasteiger partial charge in [-0.25, -0.2) is 4.79 Å². The lowest BCUT2D eigenvalue weighted by molar-refractivity contribution is -0.130. The lowest BCUT2D eigenvalue weighted by Crippen LogP contribution is -2.00. The highest BCUT2D eigenvalue weighted by Crippen LogP contribution is 2.27. The maximum absolute atomic E-state index is 11.6. The van der Waals surface area contributed by atoms with Crippen LogP contribution in [0, 0.1) is 0 Å². The molecule has 0 aliphatic rings. The second-order valence-corrected chi connectivity index (χ2v) is 4.74. The number of carboxylic acid groups (broad SMARTS) is 1. The van der Waals surface area contributed by atoms with E-state index in [0.717, 1.165) is 0 Å². The monoisotopic (exact) mass is 314 g/mol. The Kier molecular flexibility index (Phi) is 5.25. The maximum Gasteiger partial charge on any atom is 0.336 e. The fourth-order valence-corrected chi connectivity index (χ4v) is 2.12. The molecule has 0 saturated carbocycles. The van der Waals surface area contributed by atoms with E-state index >= 15 is 0 Å². The third kappa shape index (κ3) is 4.03. The molecule has 0 radical (unpaired) electrons. The fourth-order valence-electron chi connectivity index (χ4n) is 2.12. The minimum atomic E-state index is -1.02. The second-order valence-electron chi connectivity index (χ2n) is 4.74. The third-order valence-electron chi connectivity index (χ3n) is 3.32. The molecular formula is C18H18O5. The van der Waals surface area contributed by atoms with Gasteiger partial charge in [0, 0.05) is 6.07 Å². The van der Waals surface area contributed by atoms with Crippen LogP contribution in [-0.2, 0) is 4.79 Å². The lowest BCUT2D eigenvalue weighted by Gasteiger charge is -2.08. The van der Waals surface area contributed by atoms with E-state index in [1.807, 2.05) is 0 Å². The zero-order valence-corrected chi connectivity index (χ0v) is 13.2. The van der Waals surface area contributed by atoms with Gasteiger partial charge < -0.3 is 19.3 Å². The summed E-state index contributed by atoms with van der Waals surface area (Å²) in [5.41, 5.74) is 1.43. The summed E-state index contributed by atoms with van der Waals surface area (Å²) in [4.78, 5) is 11.6. The van der Waals surface area contributed by atoms with Crippen LogP contribution in [0.5, 0.6) is 17.2 Å². The van der Waals surface area contributed by atoms with Crippen molar-refractivity contribution in [3.05, 3.63) is 53.6 Å². The van der Waals surface area contributed by atoms with Gasteiger partial charge in [0.2, 0.25) is 0 Å². The zero-order chi connectivity index (χ0) is 16.8. The molecule has 5 nitrogen and oxygen atoms in total. The van der Waals surface area contributed by atoms with Crippen molar-refractivity contribution in [1.82, 2.24) is 0 Å². The minimum absolute atomic E-state index is 0.169. The molecule has 0 aliphatic heterocycles. The number of aliphatic carboxylic acids is 1. The van der Waals surface area contributed by atoms with Gasteiger partial charge in [0.1, 0.15) is 17.2 Å². The van der Waals surface area contributed by atoms with E-state index in [1.165, 1.54) is 0 Å². The summed E-state index contributed by atoms with van der Waals surface area (Å²) in [5.74, 6) is 0.837. The smallest absolute Gasteiger partial charge is 0.336 e. The van der Waals surface area contributed by atoms with Crippen LogP contribution in [0.15, 0.2) is 42.5 Å². The van der Waals surface area contributed by atoms with Crippen LogP contribution >= 0.6 is 0 Å². The number of carbonyl (C=O) groups is 1. The second kappa shape index (κ2) is 7.35. The number of ether oxygens (including phenoxy) is 3. The number of hydrogen-bond donors (Lipinski definition) is 1.